The topological polar surface area (TPSA) is 75.0 Å². The van der Waals surface area contributed by atoms with Crippen molar-refractivity contribution in [3.63, 3.8) is 0 Å². The molecule has 1 aromatic carbocycles. The van der Waals surface area contributed by atoms with Crippen molar-refractivity contribution in [2.45, 2.75) is 18.9 Å². The molecule has 3 N–H and O–H groups in total. The van der Waals surface area contributed by atoms with Crippen LogP contribution in [0.2, 0.25) is 0 Å². The Hall–Kier alpha value is -2.21. The van der Waals surface area contributed by atoms with Crippen LogP contribution >= 0.6 is 0 Å². The summed E-state index contributed by atoms with van der Waals surface area (Å²) < 4.78 is 12.9. The van der Waals surface area contributed by atoms with Gasteiger partial charge in [0.15, 0.2) is 0 Å². The lowest BCUT2D eigenvalue weighted by Crippen LogP contribution is -2.40. The van der Waals surface area contributed by atoms with Crippen LogP contribution in [0.15, 0.2) is 30.3 Å². The van der Waals surface area contributed by atoms with E-state index in [1.54, 1.807) is 23.1 Å². The van der Waals surface area contributed by atoms with Gasteiger partial charge in [-0.3, -0.25) is 9.89 Å². The average Bonchev–Trinajstić information content (AvgIpc) is 3.16. The Morgan fingerprint density at radius 2 is 2.19 bits per heavy atom. The number of halogens is 1. The SMILES string of the molecule is NCC1CCCN1C(=O)c1cc(-c2ccc(F)cc2)n[nH]1. The van der Waals surface area contributed by atoms with Crippen LogP contribution in [0.3, 0.4) is 0 Å². The normalized spacial score (nSPS) is 18.2. The molecule has 0 aliphatic carbocycles. The highest BCUT2D eigenvalue weighted by Crippen LogP contribution is 2.22. The predicted octanol–water partition coefficient (Wildman–Crippen LogP) is 1.78. The second-order valence-electron chi connectivity index (χ2n) is 5.20. The maximum absolute atomic E-state index is 12.9. The van der Waals surface area contributed by atoms with Crippen molar-refractivity contribution in [3.8, 4) is 11.3 Å². The van der Waals surface area contributed by atoms with E-state index in [1.807, 2.05) is 0 Å². The minimum absolute atomic E-state index is 0.0798. The van der Waals surface area contributed by atoms with Gasteiger partial charge in [0.25, 0.3) is 5.91 Å². The molecule has 1 atom stereocenters. The van der Waals surface area contributed by atoms with Crippen molar-refractivity contribution in [2.24, 2.45) is 5.73 Å². The van der Waals surface area contributed by atoms with E-state index < -0.39 is 0 Å². The lowest BCUT2D eigenvalue weighted by atomic mass is 10.1. The minimum atomic E-state index is -0.298. The van der Waals surface area contributed by atoms with Gasteiger partial charge in [-0.25, -0.2) is 4.39 Å². The summed E-state index contributed by atoms with van der Waals surface area (Å²) >= 11 is 0. The summed E-state index contributed by atoms with van der Waals surface area (Å²) in [5.74, 6) is -0.378. The fraction of sp³-hybridized carbons (Fsp3) is 0.333. The average molecular weight is 288 g/mol. The summed E-state index contributed by atoms with van der Waals surface area (Å²) in [5, 5.41) is 6.90. The maximum Gasteiger partial charge on any atom is 0.272 e. The quantitative estimate of drug-likeness (QED) is 0.904. The molecule has 2 heterocycles. The molecule has 2 aromatic rings. The third-order valence-corrected chi connectivity index (χ3v) is 3.86. The Bertz CT molecular complexity index is 637. The van der Waals surface area contributed by atoms with Crippen LogP contribution in [-0.2, 0) is 0 Å². The lowest BCUT2D eigenvalue weighted by molar-refractivity contribution is 0.0735. The summed E-state index contributed by atoms with van der Waals surface area (Å²) in [5.41, 5.74) is 7.53. The van der Waals surface area contributed by atoms with Crippen molar-refractivity contribution in [2.75, 3.05) is 13.1 Å². The smallest absolute Gasteiger partial charge is 0.272 e. The molecule has 0 saturated carbocycles. The Kier molecular flexibility index (Phi) is 3.70. The van der Waals surface area contributed by atoms with Crippen molar-refractivity contribution in [3.05, 3.63) is 41.8 Å². The molecule has 1 saturated heterocycles. The number of nitrogens with zero attached hydrogens (tertiary/aromatic N) is 2. The van der Waals surface area contributed by atoms with Crippen LogP contribution in [0, 0.1) is 5.82 Å². The molecule has 1 unspecified atom stereocenters. The predicted molar refractivity (Wildman–Crippen MR) is 77.1 cm³/mol. The molecule has 1 aliphatic heterocycles. The fourth-order valence-corrected chi connectivity index (χ4v) is 2.70. The van der Waals surface area contributed by atoms with Crippen molar-refractivity contribution in [1.82, 2.24) is 15.1 Å². The number of carbonyl (C=O) groups excluding carboxylic acids is 1. The number of hydrogen-bond acceptors (Lipinski definition) is 3. The molecule has 21 heavy (non-hydrogen) atoms. The molecule has 0 radical (unpaired) electrons. The standard InChI is InChI=1S/C15H17FN4O/c16-11-5-3-10(4-6-11)13-8-14(19-18-13)15(21)20-7-1-2-12(20)9-17/h3-6,8,12H,1-2,7,9,17H2,(H,18,19). The van der Waals surface area contributed by atoms with Gasteiger partial charge in [-0.2, -0.15) is 5.10 Å². The number of aromatic nitrogens is 2. The van der Waals surface area contributed by atoms with Gasteiger partial charge >= 0.3 is 0 Å². The van der Waals surface area contributed by atoms with Gasteiger partial charge in [0.1, 0.15) is 11.5 Å². The molecule has 6 heteroatoms. The maximum atomic E-state index is 12.9. The third-order valence-electron chi connectivity index (χ3n) is 3.86. The highest BCUT2D eigenvalue weighted by atomic mass is 19.1. The first kappa shape index (κ1) is 13.8. The van der Waals surface area contributed by atoms with E-state index in [4.69, 9.17) is 5.73 Å². The number of nitrogens with two attached hydrogens (primary N) is 1. The number of benzene rings is 1. The zero-order valence-corrected chi connectivity index (χ0v) is 11.6. The molecular weight excluding hydrogens is 271 g/mol. The molecule has 110 valence electrons. The van der Waals surface area contributed by atoms with Crippen molar-refractivity contribution < 1.29 is 9.18 Å². The number of aromatic amines is 1. The summed E-state index contributed by atoms with van der Waals surface area (Å²) in [7, 11) is 0. The molecule has 0 spiro atoms. The molecule has 1 aliphatic rings. The summed E-state index contributed by atoms with van der Waals surface area (Å²) in [6.45, 7) is 1.20. The van der Waals surface area contributed by atoms with E-state index >= 15 is 0 Å². The van der Waals surface area contributed by atoms with Crippen LogP contribution in [0.5, 0.6) is 0 Å². The van der Waals surface area contributed by atoms with E-state index in [1.165, 1.54) is 12.1 Å². The zero-order chi connectivity index (χ0) is 14.8. The van der Waals surface area contributed by atoms with E-state index in [0.29, 0.717) is 17.9 Å². The van der Waals surface area contributed by atoms with Crippen LogP contribution in [0.4, 0.5) is 4.39 Å². The molecule has 1 fully saturated rings. The molecule has 3 rings (SSSR count). The lowest BCUT2D eigenvalue weighted by Gasteiger charge is -2.22. The first-order chi connectivity index (χ1) is 10.2. The van der Waals surface area contributed by atoms with Crippen LogP contribution in [-0.4, -0.2) is 40.1 Å². The van der Waals surface area contributed by atoms with E-state index in [-0.39, 0.29) is 17.8 Å². The first-order valence-electron chi connectivity index (χ1n) is 7.01. The highest BCUT2D eigenvalue weighted by molar-refractivity contribution is 5.93. The largest absolute Gasteiger partial charge is 0.333 e. The first-order valence-corrected chi connectivity index (χ1v) is 7.01. The Morgan fingerprint density at radius 3 is 2.90 bits per heavy atom. The van der Waals surface area contributed by atoms with Crippen molar-refractivity contribution >= 4 is 5.91 Å². The van der Waals surface area contributed by atoms with Crippen molar-refractivity contribution in [1.29, 1.82) is 0 Å². The van der Waals surface area contributed by atoms with Crippen LogP contribution in [0.1, 0.15) is 23.3 Å². The number of nitrogens with one attached hydrogen (secondary N) is 1. The highest BCUT2D eigenvalue weighted by Gasteiger charge is 2.29. The van der Waals surface area contributed by atoms with Gasteiger partial charge in [-0.1, -0.05) is 0 Å². The molecule has 0 bridgehead atoms. The Labute approximate surface area is 121 Å². The molecule has 5 nitrogen and oxygen atoms in total. The van der Waals surface area contributed by atoms with Gasteiger partial charge in [0.2, 0.25) is 0 Å². The number of H-pyrrole nitrogens is 1. The second-order valence-corrected chi connectivity index (χ2v) is 5.20. The number of likely N-dealkylation sites (tertiary alicyclic amines) is 1. The van der Waals surface area contributed by atoms with Gasteiger partial charge in [0, 0.05) is 24.7 Å². The number of hydrogen-bond donors (Lipinski definition) is 2. The van der Waals surface area contributed by atoms with Gasteiger partial charge in [-0.05, 0) is 43.2 Å². The zero-order valence-electron chi connectivity index (χ0n) is 11.6. The minimum Gasteiger partial charge on any atom is -0.333 e. The molecule has 1 aromatic heterocycles. The monoisotopic (exact) mass is 288 g/mol. The summed E-state index contributed by atoms with van der Waals surface area (Å²) in [6.07, 6.45) is 1.92. The Morgan fingerprint density at radius 1 is 1.43 bits per heavy atom. The van der Waals surface area contributed by atoms with Gasteiger partial charge in [-0.15, -0.1) is 0 Å². The van der Waals surface area contributed by atoms with E-state index in [2.05, 4.69) is 10.2 Å². The van der Waals surface area contributed by atoms with E-state index in [0.717, 1.165) is 24.9 Å². The number of amides is 1. The van der Waals surface area contributed by atoms with Gasteiger partial charge < -0.3 is 10.6 Å². The van der Waals surface area contributed by atoms with E-state index in [9.17, 15) is 9.18 Å². The number of rotatable bonds is 3. The summed E-state index contributed by atoms with van der Waals surface area (Å²) in [6, 6.07) is 7.82. The third kappa shape index (κ3) is 2.67. The number of carbonyl (C=O) groups is 1. The molecular formula is C15H17FN4O. The Balaban J connectivity index is 1.81. The molecule has 1 amide bonds. The van der Waals surface area contributed by atoms with Crippen LogP contribution < -0.4 is 5.73 Å². The summed E-state index contributed by atoms with van der Waals surface area (Å²) in [4.78, 5) is 14.2. The second kappa shape index (κ2) is 5.65. The fourth-order valence-electron chi connectivity index (χ4n) is 2.70. The van der Waals surface area contributed by atoms with Gasteiger partial charge in [0.05, 0.1) is 5.69 Å². The van der Waals surface area contributed by atoms with Crippen LogP contribution in [0.25, 0.3) is 11.3 Å².